The molecule has 1 aromatic carbocycles. The molecule has 21 heavy (non-hydrogen) atoms. The highest BCUT2D eigenvalue weighted by Gasteiger charge is 2.19. The lowest BCUT2D eigenvalue weighted by atomic mass is 9.85. The maximum absolute atomic E-state index is 11.6. The molecule has 0 aromatic heterocycles. The van der Waals surface area contributed by atoms with Crippen molar-refractivity contribution in [1.29, 1.82) is 0 Å². The molecule has 0 radical (unpaired) electrons. The van der Waals surface area contributed by atoms with Crippen LogP contribution in [0.1, 0.15) is 19.4 Å². The van der Waals surface area contributed by atoms with E-state index in [1.807, 2.05) is 18.2 Å². The molecule has 6 heteroatoms. The van der Waals surface area contributed by atoms with Crippen molar-refractivity contribution in [2.75, 3.05) is 19.6 Å². The van der Waals surface area contributed by atoms with Crippen molar-refractivity contribution in [2.45, 2.75) is 20.3 Å². The van der Waals surface area contributed by atoms with E-state index in [4.69, 9.17) is 5.73 Å². The zero-order chi connectivity index (χ0) is 15.0. The largest absolute Gasteiger partial charge is 0.354 e. The summed E-state index contributed by atoms with van der Waals surface area (Å²) in [6.45, 7) is 4.61. The molecule has 4 N–H and O–H groups in total. The van der Waals surface area contributed by atoms with Crippen LogP contribution in [-0.4, -0.2) is 31.4 Å². The van der Waals surface area contributed by atoms with E-state index in [1.54, 1.807) is 0 Å². The third kappa shape index (κ3) is 8.32. The lowest BCUT2D eigenvalue weighted by Gasteiger charge is -2.25. The van der Waals surface area contributed by atoms with Crippen LogP contribution >= 0.6 is 12.4 Å². The predicted octanol–water partition coefficient (Wildman–Crippen LogP) is 0.868. The summed E-state index contributed by atoms with van der Waals surface area (Å²) in [4.78, 5) is 22.5. The summed E-state index contributed by atoms with van der Waals surface area (Å²) in [7, 11) is 0. The van der Waals surface area contributed by atoms with Crippen molar-refractivity contribution in [1.82, 2.24) is 10.6 Å². The van der Waals surface area contributed by atoms with E-state index >= 15 is 0 Å². The first kappa shape index (κ1) is 19.4. The van der Waals surface area contributed by atoms with Crippen LogP contribution in [0.15, 0.2) is 30.3 Å². The van der Waals surface area contributed by atoms with E-state index < -0.39 is 0 Å². The van der Waals surface area contributed by atoms with E-state index in [1.165, 1.54) is 5.56 Å². The first-order valence-electron chi connectivity index (χ1n) is 6.70. The molecule has 2 amide bonds. The minimum absolute atomic E-state index is 0. The van der Waals surface area contributed by atoms with E-state index in [9.17, 15) is 9.59 Å². The Bertz CT molecular complexity index is 449. The number of rotatable bonds is 7. The van der Waals surface area contributed by atoms with Crippen LogP contribution in [0, 0.1) is 5.41 Å². The van der Waals surface area contributed by atoms with Gasteiger partial charge in [0.15, 0.2) is 0 Å². The number of hydrogen-bond donors (Lipinski definition) is 3. The van der Waals surface area contributed by atoms with Crippen molar-refractivity contribution < 1.29 is 9.59 Å². The fourth-order valence-corrected chi connectivity index (χ4v) is 1.86. The average molecular weight is 314 g/mol. The Balaban J connectivity index is 0.00000400. The normalized spacial score (nSPS) is 10.4. The summed E-state index contributed by atoms with van der Waals surface area (Å²) >= 11 is 0. The Morgan fingerprint density at radius 1 is 1.10 bits per heavy atom. The van der Waals surface area contributed by atoms with Gasteiger partial charge in [-0.25, -0.2) is 0 Å². The van der Waals surface area contributed by atoms with Gasteiger partial charge in [-0.05, 0) is 17.4 Å². The molecule has 0 heterocycles. The van der Waals surface area contributed by atoms with Crippen molar-refractivity contribution in [3.8, 4) is 0 Å². The Morgan fingerprint density at radius 2 is 1.71 bits per heavy atom. The molecule has 5 nitrogen and oxygen atoms in total. The lowest BCUT2D eigenvalue weighted by Crippen LogP contribution is -2.42. The molecule has 0 spiro atoms. The maximum Gasteiger partial charge on any atom is 0.239 e. The number of hydrogen-bond acceptors (Lipinski definition) is 3. The molecule has 0 saturated carbocycles. The van der Waals surface area contributed by atoms with Crippen LogP contribution in [0.4, 0.5) is 0 Å². The predicted molar refractivity (Wildman–Crippen MR) is 86.2 cm³/mol. The molecule has 0 bridgehead atoms. The molecule has 0 fully saturated rings. The van der Waals surface area contributed by atoms with Crippen LogP contribution in [0.2, 0.25) is 0 Å². The number of carbonyl (C=O) groups is 2. The average Bonchev–Trinajstić information content (AvgIpc) is 2.43. The summed E-state index contributed by atoms with van der Waals surface area (Å²) in [5.74, 6) is -0.531. The fourth-order valence-electron chi connectivity index (χ4n) is 1.86. The molecule has 1 aromatic rings. The Kier molecular flexibility index (Phi) is 8.66. The van der Waals surface area contributed by atoms with Crippen molar-refractivity contribution in [3.63, 3.8) is 0 Å². The first-order valence-corrected chi connectivity index (χ1v) is 6.70. The van der Waals surface area contributed by atoms with E-state index in [0.29, 0.717) is 6.54 Å². The van der Waals surface area contributed by atoms with Crippen molar-refractivity contribution in [2.24, 2.45) is 11.1 Å². The van der Waals surface area contributed by atoms with Gasteiger partial charge in [0.05, 0.1) is 13.1 Å². The maximum atomic E-state index is 11.6. The standard InChI is InChI=1S/C15H23N3O2.ClH/c1-15(2,8-12-6-4-3-5-7-12)11-18-14(20)10-17-13(19)9-16;/h3-7H,8-11,16H2,1-2H3,(H,17,19)(H,18,20);1H. The van der Waals surface area contributed by atoms with Crippen LogP contribution < -0.4 is 16.4 Å². The summed E-state index contributed by atoms with van der Waals surface area (Å²) in [6.07, 6.45) is 0.878. The third-order valence-corrected chi connectivity index (χ3v) is 2.92. The fraction of sp³-hybridized carbons (Fsp3) is 0.467. The quantitative estimate of drug-likeness (QED) is 0.698. The number of carbonyl (C=O) groups excluding carboxylic acids is 2. The van der Waals surface area contributed by atoms with Gasteiger partial charge in [-0.2, -0.15) is 0 Å². The SMILES string of the molecule is CC(C)(CNC(=O)CNC(=O)CN)Cc1ccccc1.Cl. The van der Waals surface area contributed by atoms with Gasteiger partial charge in [-0.15, -0.1) is 12.4 Å². The van der Waals surface area contributed by atoms with Gasteiger partial charge in [0.1, 0.15) is 0 Å². The second-order valence-electron chi connectivity index (χ2n) is 5.58. The second-order valence-corrected chi connectivity index (χ2v) is 5.58. The Morgan fingerprint density at radius 3 is 2.29 bits per heavy atom. The summed E-state index contributed by atoms with van der Waals surface area (Å²) in [6, 6.07) is 10.1. The topological polar surface area (TPSA) is 84.2 Å². The van der Waals surface area contributed by atoms with Gasteiger partial charge in [-0.3, -0.25) is 9.59 Å². The molecular formula is C15H24ClN3O2. The highest BCUT2D eigenvalue weighted by Crippen LogP contribution is 2.20. The molecule has 0 aliphatic heterocycles. The van der Waals surface area contributed by atoms with Crippen molar-refractivity contribution in [3.05, 3.63) is 35.9 Å². The summed E-state index contributed by atoms with van der Waals surface area (Å²) in [5.41, 5.74) is 6.34. The number of amides is 2. The van der Waals surface area contributed by atoms with Gasteiger partial charge < -0.3 is 16.4 Å². The number of halogens is 1. The zero-order valence-corrected chi connectivity index (χ0v) is 13.3. The molecule has 1 rings (SSSR count). The molecule has 0 atom stereocenters. The monoisotopic (exact) mass is 313 g/mol. The zero-order valence-electron chi connectivity index (χ0n) is 12.5. The number of nitrogens with one attached hydrogen (secondary N) is 2. The van der Waals surface area contributed by atoms with Crippen LogP contribution in [0.5, 0.6) is 0 Å². The molecule has 0 unspecified atom stereocenters. The Hall–Kier alpha value is -1.59. The van der Waals surface area contributed by atoms with Gasteiger partial charge >= 0.3 is 0 Å². The van der Waals surface area contributed by atoms with Gasteiger partial charge in [0.2, 0.25) is 11.8 Å². The van der Waals surface area contributed by atoms with E-state index in [2.05, 4.69) is 36.6 Å². The number of nitrogens with two attached hydrogens (primary N) is 1. The summed E-state index contributed by atoms with van der Waals surface area (Å²) < 4.78 is 0. The minimum Gasteiger partial charge on any atom is -0.354 e. The number of benzene rings is 1. The van der Waals surface area contributed by atoms with Crippen LogP contribution in [-0.2, 0) is 16.0 Å². The molecule has 118 valence electrons. The van der Waals surface area contributed by atoms with E-state index in [0.717, 1.165) is 6.42 Å². The smallest absolute Gasteiger partial charge is 0.239 e. The minimum atomic E-state index is -0.330. The van der Waals surface area contributed by atoms with Crippen LogP contribution in [0.25, 0.3) is 0 Å². The van der Waals surface area contributed by atoms with Gasteiger partial charge in [-0.1, -0.05) is 44.2 Å². The molecular weight excluding hydrogens is 290 g/mol. The lowest BCUT2D eigenvalue weighted by molar-refractivity contribution is -0.125. The van der Waals surface area contributed by atoms with E-state index in [-0.39, 0.29) is 42.7 Å². The highest BCUT2D eigenvalue weighted by atomic mass is 35.5. The molecule has 0 aliphatic rings. The highest BCUT2D eigenvalue weighted by molar-refractivity contribution is 5.85. The van der Waals surface area contributed by atoms with Gasteiger partial charge in [0, 0.05) is 6.54 Å². The third-order valence-electron chi connectivity index (χ3n) is 2.92. The van der Waals surface area contributed by atoms with Crippen molar-refractivity contribution >= 4 is 24.2 Å². The van der Waals surface area contributed by atoms with Crippen LogP contribution in [0.3, 0.4) is 0 Å². The van der Waals surface area contributed by atoms with Gasteiger partial charge in [0.25, 0.3) is 0 Å². The Labute approximate surface area is 132 Å². The molecule has 0 saturated heterocycles. The first-order chi connectivity index (χ1) is 9.43. The summed E-state index contributed by atoms with van der Waals surface area (Å²) in [5, 5.41) is 5.27. The molecule has 0 aliphatic carbocycles. The second kappa shape index (κ2) is 9.37.